The molecular formula is C28H20FN7O7S. The molecule has 0 aliphatic heterocycles. The number of carboxylic acids is 1. The van der Waals surface area contributed by atoms with Crippen LogP contribution in [-0.2, 0) is 13.0 Å². The summed E-state index contributed by atoms with van der Waals surface area (Å²) in [6.07, 6.45) is 1.11. The summed E-state index contributed by atoms with van der Waals surface area (Å²) in [6.45, 7) is -0.115. The number of nitrogens with one attached hydrogen (secondary N) is 3. The molecule has 5 aromatic rings. The summed E-state index contributed by atoms with van der Waals surface area (Å²) in [7, 11) is 0. The highest BCUT2D eigenvalue weighted by Crippen LogP contribution is 2.32. The summed E-state index contributed by atoms with van der Waals surface area (Å²) in [5.74, 6) is -3.20. The van der Waals surface area contributed by atoms with Gasteiger partial charge in [0, 0.05) is 6.54 Å². The topological polar surface area (TPSA) is 211 Å². The van der Waals surface area contributed by atoms with Gasteiger partial charge >= 0.3 is 10.8 Å². The number of aromatic carboxylic acids is 1. The smallest absolute Gasteiger partial charge is 0.335 e. The molecule has 1 aliphatic rings. The highest BCUT2D eigenvalue weighted by atomic mass is 32.1. The third-order valence-corrected chi connectivity index (χ3v) is 7.51. The van der Waals surface area contributed by atoms with Crippen LogP contribution < -0.4 is 32.5 Å². The Morgan fingerprint density at radius 3 is 2.66 bits per heavy atom. The van der Waals surface area contributed by atoms with Gasteiger partial charge in [-0.1, -0.05) is 12.1 Å². The number of carbonyl (C=O) groups excluding carboxylic acids is 2. The monoisotopic (exact) mass is 617 g/mol. The van der Waals surface area contributed by atoms with Gasteiger partial charge in [-0.05, 0) is 77.2 Å². The molecule has 3 aromatic carbocycles. The van der Waals surface area contributed by atoms with E-state index in [4.69, 9.17) is 22.5 Å². The molecule has 222 valence electrons. The van der Waals surface area contributed by atoms with Crippen LogP contribution in [0.25, 0.3) is 5.78 Å². The minimum Gasteiger partial charge on any atom is -0.478 e. The lowest BCUT2D eigenvalue weighted by Crippen LogP contribution is -2.36. The van der Waals surface area contributed by atoms with E-state index in [0.29, 0.717) is 18.4 Å². The Morgan fingerprint density at radius 1 is 1.11 bits per heavy atom. The molecular weight excluding hydrogens is 597 g/mol. The largest absolute Gasteiger partial charge is 0.478 e. The maximum Gasteiger partial charge on any atom is 0.335 e. The number of benzene rings is 2. The maximum absolute atomic E-state index is 14.4. The van der Waals surface area contributed by atoms with Crippen molar-refractivity contribution in [3.8, 4) is 0 Å². The fourth-order valence-corrected chi connectivity index (χ4v) is 5.21. The van der Waals surface area contributed by atoms with Gasteiger partial charge in [0.2, 0.25) is 0 Å². The van der Waals surface area contributed by atoms with E-state index in [0.717, 1.165) is 21.6 Å². The molecule has 44 heavy (non-hydrogen) atoms. The molecule has 6 N–H and O–H groups in total. The van der Waals surface area contributed by atoms with Crippen molar-refractivity contribution in [1.82, 2.24) is 25.2 Å². The summed E-state index contributed by atoms with van der Waals surface area (Å²) >= 11 is 5.14. The molecule has 14 nitrogen and oxygen atoms in total. The highest BCUT2D eigenvalue weighted by molar-refractivity contribution is 7.71. The quantitative estimate of drug-likeness (QED) is 0.125. The fraction of sp³-hybridized carbons (Fsp3) is 0.143. The number of hydrogen-bond donors (Lipinski definition) is 5. The predicted octanol–water partition coefficient (Wildman–Crippen LogP) is 2.16. The zero-order valence-electron chi connectivity index (χ0n) is 22.3. The number of carboxylic acid groups (broad SMARTS) is 1. The van der Waals surface area contributed by atoms with Gasteiger partial charge in [0.05, 0.1) is 17.3 Å². The molecule has 0 bridgehead atoms. The number of nitrogens with zero attached hydrogens (tertiary/aromatic N) is 3. The number of fused-ring (bicyclic) bond motifs is 2. The number of hydrogen-bond acceptors (Lipinski definition) is 11. The van der Waals surface area contributed by atoms with Crippen molar-refractivity contribution in [2.75, 3.05) is 11.1 Å². The van der Waals surface area contributed by atoms with Crippen molar-refractivity contribution in [2.24, 2.45) is 0 Å². The third-order valence-electron chi connectivity index (χ3n) is 7.25. The molecule has 0 saturated heterocycles. The van der Waals surface area contributed by atoms with Crippen LogP contribution >= 0.6 is 12.2 Å². The number of nitrogens with two attached hydrogens (primary N) is 1. The molecule has 2 amide bonds. The van der Waals surface area contributed by atoms with Crippen molar-refractivity contribution in [2.45, 2.75) is 25.4 Å². The van der Waals surface area contributed by atoms with Crippen LogP contribution in [0.2, 0.25) is 0 Å². The molecule has 1 atom stereocenters. The molecule has 16 heteroatoms. The van der Waals surface area contributed by atoms with Gasteiger partial charge in [-0.25, -0.2) is 18.6 Å². The molecule has 1 aliphatic carbocycles. The predicted molar refractivity (Wildman–Crippen MR) is 155 cm³/mol. The lowest BCUT2D eigenvalue weighted by molar-refractivity contribution is 0.0696. The molecule has 0 radical (unpaired) electrons. The minimum absolute atomic E-state index is 0.110. The lowest BCUT2D eigenvalue weighted by atomic mass is 10.0. The molecule has 0 fully saturated rings. The molecule has 2 heterocycles. The number of anilines is 3. The second-order valence-electron chi connectivity index (χ2n) is 9.96. The summed E-state index contributed by atoms with van der Waals surface area (Å²) in [4.78, 5) is 64.9. The van der Waals surface area contributed by atoms with Gasteiger partial charge < -0.3 is 31.3 Å². The standard InChI is InChI=1S/C28H20FN7O7S/c29-15-5-1-11(7-17(15)32-21-20(30)22(37)23(21)38)10-31-25(40)19-9-18(34-27-35-43-28(44)36(19)27)24(39)33-16-6-3-12-8-13(26(41)42)2-4-14(12)16/h1-2,4-5,7-9,16,32H,3,6,10,30H2,(H,31,40)(H,33,39)(H,41,42)/t16-/m0/s1. The Bertz CT molecular complexity index is 2170. The Labute approximate surface area is 250 Å². The first-order chi connectivity index (χ1) is 21.0. The number of halogens is 1. The van der Waals surface area contributed by atoms with Crippen molar-refractivity contribution in [3.05, 3.63) is 107 Å². The summed E-state index contributed by atoms with van der Waals surface area (Å²) < 4.78 is 20.5. The van der Waals surface area contributed by atoms with Gasteiger partial charge in [-0.2, -0.15) is 0 Å². The maximum atomic E-state index is 14.4. The lowest BCUT2D eigenvalue weighted by Gasteiger charge is -2.15. The Kier molecular flexibility index (Phi) is 6.97. The Morgan fingerprint density at radius 2 is 1.91 bits per heavy atom. The van der Waals surface area contributed by atoms with E-state index in [1.54, 1.807) is 12.1 Å². The van der Waals surface area contributed by atoms with E-state index in [9.17, 15) is 33.5 Å². The number of aryl methyl sites for hydroxylation is 1. The van der Waals surface area contributed by atoms with Crippen molar-refractivity contribution in [1.29, 1.82) is 0 Å². The third kappa shape index (κ3) is 4.96. The molecule has 0 saturated carbocycles. The van der Waals surface area contributed by atoms with Gasteiger partial charge in [-0.3, -0.25) is 19.2 Å². The van der Waals surface area contributed by atoms with Crippen LogP contribution in [0.3, 0.4) is 0 Å². The SMILES string of the molecule is Nc1c(Nc2cc(CNC(=O)c3cc(C(=O)N[C@H]4CCc5cc(C(=O)O)ccc54)nc4noc(=S)n34)ccc2F)c(=O)c1=O. The molecule has 2 aromatic heterocycles. The van der Waals surface area contributed by atoms with Gasteiger partial charge in [0.15, 0.2) is 0 Å². The number of carbonyl (C=O) groups is 3. The van der Waals surface area contributed by atoms with Crippen LogP contribution in [0, 0.1) is 10.7 Å². The first-order valence-electron chi connectivity index (χ1n) is 13.0. The summed E-state index contributed by atoms with van der Waals surface area (Å²) in [6, 6.07) is 9.36. The number of nitrogen functional groups attached to an aromatic ring is 1. The average Bonchev–Trinajstić information content (AvgIpc) is 3.60. The number of amides is 2. The van der Waals surface area contributed by atoms with E-state index in [2.05, 4.69) is 26.1 Å². The van der Waals surface area contributed by atoms with Crippen LogP contribution in [-0.4, -0.2) is 37.4 Å². The Hall–Kier alpha value is -5.77. The van der Waals surface area contributed by atoms with Crippen molar-refractivity contribution in [3.63, 3.8) is 0 Å². The zero-order valence-corrected chi connectivity index (χ0v) is 23.2. The van der Waals surface area contributed by atoms with Crippen LogP contribution in [0.5, 0.6) is 0 Å². The second kappa shape index (κ2) is 10.8. The zero-order chi connectivity index (χ0) is 31.3. The van der Waals surface area contributed by atoms with E-state index in [1.807, 2.05) is 0 Å². The molecule has 6 rings (SSSR count). The second-order valence-corrected chi connectivity index (χ2v) is 10.3. The average molecular weight is 618 g/mol. The van der Waals surface area contributed by atoms with Crippen LogP contribution in [0.4, 0.5) is 21.5 Å². The Balaban J connectivity index is 1.21. The van der Waals surface area contributed by atoms with Gasteiger partial charge in [0.25, 0.3) is 28.4 Å². The normalized spacial score (nSPS) is 14.0. The van der Waals surface area contributed by atoms with Gasteiger partial charge in [-0.15, -0.1) is 0 Å². The van der Waals surface area contributed by atoms with E-state index in [-0.39, 0.29) is 51.2 Å². The molecule has 0 unspecified atom stereocenters. The highest BCUT2D eigenvalue weighted by Gasteiger charge is 2.27. The van der Waals surface area contributed by atoms with Crippen LogP contribution in [0.15, 0.2) is 56.6 Å². The number of rotatable bonds is 8. The van der Waals surface area contributed by atoms with E-state index in [1.165, 1.54) is 24.3 Å². The first kappa shape index (κ1) is 28.4. The minimum atomic E-state index is -1.04. The van der Waals surface area contributed by atoms with Crippen LogP contribution in [0.1, 0.15) is 60.5 Å². The summed E-state index contributed by atoms with van der Waals surface area (Å²) in [5.41, 5.74) is 5.06. The van der Waals surface area contributed by atoms with Gasteiger partial charge in [0.1, 0.15) is 28.6 Å². The van der Waals surface area contributed by atoms with E-state index >= 15 is 0 Å². The fourth-order valence-electron chi connectivity index (χ4n) is 4.99. The van der Waals surface area contributed by atoms with E-state index < -0.39 is 40.5 Å². The van der Waals surface area contributed by atoms with Crippen molar-refractivity contribution >= 4 is 52.8 Å². The first-order valence-corrected chi connectivity index (χ1v) is 13.4. The van der Waals surface area contributed by atoms with Crippen molar-refractivity contribution < 1.29 is 28.4 Å². The number of aromatic nitrogens is 3. The summed E-state index contributed by atoms with van der Waals surface area (Å²) in [5, 5.41) is 21.0. The molecule has 0 spiro atoms.